The number of phenols is 1. The Bertz CT molecular complexity index is 926. The molecule has 4 nitrogen and oxygen atoms in total. The van der Waals surface area contributed by atoms with E-state index in [1.54, 1.807) is 0 Å². The molecule has 2 N–H and O–H groups in total. The summed E-state index contributed by atoms with van der Waals surface area (Å²) >= 11 is 0. The van der Waals surface area contributed by atoms with Crippen molar-refractivity contribution in [1.29, 1.82) is 0 Å². The van der Waals surface area contributed by atoms with Crippen molar-refractivity contribution in [2.75, 3.05) is 0 Å². The van der Waals surface area contributed by atoms with E-state index in [0.717, 1.165) is 27.5 Å². The highest BCUT2D eigenvalue weighted by Gasteiger charge is 2.19. The van der Waals surface area contributed by atoms with Crippen molar-refractivity contribution in [3.63, 3.8) is 0 Å². The molecule has 112 valence electrons. The average Bonchev–Trinajstić information content (AvgIpc) is 2.45. The third-order valence-corrected chi connectivity index (χ3v) is 4.08. The van der Waals surface area contributed by atoms with Gasteiger partial charge in [-0.25, -0.2) is 4.79 Å². The third kappa shape index (κ3) is 2.04. The molecule has 0 saturated carbocycles. The molecule has 0 saturated heterocycles. The van der Waals surface area contributed by atoms with Gasteiger partial charge in [0.05, 0.1) is 0 Å². The molecule has 3 rings (SSSR count). The lowest BCUT2D eigenvalue weighted by molar-refractivity contribution is 0.143. The summed E-state index contributed by atoms with van der Waals surface area (Å²) in [6.45, 7) is 5.82. The molecule has 0 aliphatic rings. The van der Waals surface area contributed by atoms with E-state index in [9.17, 15) is 9.90 Å². The Morgan fingerprint density at radius 1 is 0.955 bits per heavy atom. The number of carbonyl (C=O) groups is 1. The first-order valence-electron chi connectivity index (χ1n) is 6.96. The first kappa shape index (κ1) is 14.2. The summed E-state index contributed by atoms with van der Waals surface area (Å²) in [5.41, 5.74) is 2.97. The summed E-state index contributed by atoms with van der Waals surface area (Å²) in [6.07, 6.45) is -1.44. The van der Waals surface area contributed by atoms with Crippen molar-refractivity contribution >= 4 is 27.7 Å². The van der Waals surface area contributed by atoms with Gasteiger partial charge >= 0.3 is 6.16 Å². The summed E-state index contributed by atoms with van der Waals surface area (Å²) in [5, 5.41) is 22.5. The van der Waals surface area contributed by atoms with Crippen LogP contribution in [0.1, 0.15) is 16.7 Å². The highest BCUT2D eigenvalue weighted by molar-refractivity contribution is 6.15. The molecular formula is C18H16O4. The first-order chi connectivity index (χ1) is 10.4. The number of benzene rings is 3. The van der Waals surface area contributed by atoms with E-state index in [1.165, 1.54) is 0 Å². The fraction of sp³-hybridized carbons (Fsp3) is 0.167. The maximum absolute atomic E-state index is 11.0. The highest BCUT2D eigenvalue weighted by atomic mass is 16.7. The molecule has 0 amide bonds. The van der Waals surface area contributed by atoms with Crippen LogP contribution in [0.2, 0.25) is 0 Å². The number of ether oxygens (including phenoxy) is 1. The molecule has 4 heteroatoms. The minimum absolute atomic E-state index is 0.00704. The molecule has 0 unspecified atom stereocenters. The summed E-state index contributed by atoms with van der Waals surface area (Å²) in [4.78, 5) is 11.0. The lowest BCUT2D eigenvalue weighted by Gasteiger charge is -2.15. The predicted molar refractivity (Wildman–Crippen MR) is 86.0 cm³/mol. The SMILES string of the molecule is Cc1cc2c(OC(=O)O)c(O)c3c(C)cccc3c2cc1C. The van der Waals surface area contributed by atoms with Gasteiger partial charge < -0.3 is 14.9 Å². The number of phenolic OH excluding ortho intramolecular Hbond substituents is 1. The zero-order valence-corrected chi connectivity index (χ0v) is 12.6. The van der Waals surface area contributed by atoms with Crippen LogP contribution >= 0.6 is 0 Å². The van der Waals surface area contributed by atoms with Crippen molar-refractivity contribution in [2.24, 2.45) is 0 Å². The number of carboxylic acid groups (broad SMARTS) is 1. The predicted octanol–water partition coefficient (Wildman–Crippen LogP) is 4.68. The van der Waals surface area contributed by atoms with Gasteiger partial charge in [-0.2, -0.15) is 0 Å². The van der Waals surface area contributed by atoms with Crippen molar-refractivity contribution in [3.8, 4) is 11.5 Å². The molecular weight excluding hydrogens is 280 g/mol. The summed E-state index contributed by atoms with van der Waals surface area (Å²) in [7, 11) is 0. The fourth-order valence-corrected chi connectivity index (χ4v) is 2.87. The molecule has 0 radical (unpaired) electrons. The zero-order chi connectivity index (χ0) is 16.0. The molecule has 0 aliphatic heterocycles. The number of rotatable bonds is 1. The normalized spacial score (nSPS) is 11.0. The van der Waals surface area contributed by atoms with Gasteiger partial charge in [-0.05, 0) is 54.3 Å². The quantitative estimate of drug-likeness (QED) is 0.388. The molecule has 0 atom stereocenters. The lowest BCUT2D eigenvalue weighted by atomic mass is 9.94. The van der Waals surface area contributed by atoms with Crippen LogP contribution in [0.15, 0.2) is 30.3 Å². The van der Waals surface area contributed by atoms with Crippen LogP contribution in [0.3, 0.4) is 0 Å². The maximum atomic E-state index is 11.0. The first-order valence-corrected chi connectivity index (χ1v) is 6.96. The van der Waals surface area contributed by atoms with Gasteiger partial charge in [-0.1, -0.05) is 24.3 Å². The van der Waals surface area contributed by atoms with E-state index in [0.29, 0.717) is 10.8 Å². The topological polar surface area (TPSA) is 66.8 Å². The van der Waals surface area contributed by atoms with Crippen LogP contribution in [0.5, 0.6) is 11.5 Å². The van der Waals surface area contributed by atoms with Gasteiger partial charge in [0.1, 0.15) is 0 Å². The van der Waals surface area contributed by atoms with Gasteiger partial charge in [-0.15, -0.1) is 0 Å². The standard InChI is InChI=1S/C18H16O4/c1-9-5-4-6-12-13-7-10(2)11(3)8-14(13)17(22-18(20)21)16(19)15(9)12/h4-8,19H,1-3H3,(H,20,21). The summed E-state index contributed by atoms with van der Waals surface area (Å²) in [6, 6.07) is 9.57. The van der Waals surface area contributed by atoms with Crippen LogP contribution in [-0.2, 0) is 0 Å². The smallest absolute Gasteiger partial charge is 0.504 e. The molecule has 0 bridgehead atoms. The second kappa shape index (κ2) is 4.91. The Morgan fingerprint density at radius 3 is 2.23 bits per heavy atom. The van der Waals surface area contributed by atoms with Crippen LogP contribution < -0.4 is 4.74 Å². The summed E-state index contributed by atoms with van der Waals surface area (Å²) in [5.74, 6) is -0.140. The molecule has 0 aliphatic carbocycles. The van der Waals surface area contributed by atoms with Crippen molar-refractivity contribution < 1.29 is 19.7 Å². The van der Waals surface area contributed by atoms with Gasteiger partial charge in [0.15, 0.2) is 11.5 Å². The Labute approximate surface area is 127 Å². The zero-order valence-electron chi connectivity index (χ0n) is 12.6. The van der Waals surface area contributed by atoms with E-state index in [1.807, 2.05) is 51.1 Å². The Hall–Kier alpha value is -2.75. The maximum Gasteiger partial charge on any atom is 0.511 e. The lowest BCUT2D eigenvalue weighted by Crippen LogP contribution is -2.04. The van der Waals surface area contributed by atoms with Crippen LogP contribution in [0.25, 0.3) is 21.5 Å². The second-order valence-corrected chi connectivity index (χ2v) is 5.53. The van der Waals surface area contributed by atoms with Crippen LogP contribution in [0, 0.1) is 20.8 Å². The number of hydrogen-bond acceptors (Lipinski definition) is 3. The third-order valence-electron chi connectivity index (χ3n) is 4.08. The van der Waals surface area contributed by atoms with Gasteiger partial charge in [0.25, 0.3) is 0 Å². The van der Waals surface area contributed by atoms with Crippen molar-refractivity contribution in [1.82, 2.24) is 0 Å². The van der Waals surface area contributed by atoms with E-state index >= 15 is 0 Å². The molecule has 22 heavy (non-hydrogen) atoms. The average molecular weight is 296 g/mol. The van der Waals surface area contributed by atoms with Crippen LogP contribution in [0.4, 0.5) is 4.79 Å². The fourth-order valence-electron chi connectivity index (χ4n) is 2.87. The van der Waals surface area contributed by atoms with E-state index in [4.69, 9.17) is 9.84 Å². The van der Waals surface area contributed by atoms with E-state index < -0.39 is 6.16 Å². The number of aryl methyl sites for hydroxylation is 3. The van der Waals surface area contributed by atoms with E-state index in [2.05, 4.69) is 0 Å². The summed E-state index contributed by atoms with van der Waals surface area (Å²) < 4.78 is 4.88. The highest BCUT2D eigenvalue weighted by Crippen LogP contribution is 2.44. The van der Waals surface area contributed by atoms with E-state index in [-0.39, 0.29) is 11.5 Å². The number of aromatic hydroxyl groups is 1. The molecule has 0 aromatic heterocycles. The Kier molecular flexibility index (Phi) is 3.17. The number of fused-ring (bicyclic) bond motifs is 3. The molecule has 0 heterocycles. The minimum Gasteiger partial charge on any atom is -0.504 e. The van der Waals surface area contributed by atoms with Gasteiger partial charge in [0, 0.05) is 10.8 Å². The molecule has 0 fully saturated rings. The minimum atomic E-state index is -1.44. The van der Waals surface area contributed by atoms with Crippen LogP contribution in [-0.4, -0.2) is 16.4 Å². The van der Waals surface area contributed by atoms with Crippen molar-refractivity contribution in [2.45, 2.75) is 20.8 Å². The Morgan fingerprint density at radius 2 is 1.59 bits per heavy atom. The van der Waals surface area contributed by atoms with Crippen molar-refractivity contribution in [3.05, 3.63) is 47.0 Å². The Balaban J connectivity index is 2.59. The van der Waals surface area contributed by atoms with Gasteiger partial charge in [0.2, 0.25) is 0 Å². The molecule has 3 aromatic rings. The van der Waals surface area contributed by atoms with Gasteiger partial charge in [-0.3, -0.25) is 0 Å². The molecule has 0 spiro atoms. The molecule has 3 aromatic carbocycles. The monoisotopic (exact) mass is 296 g/mol. The number of hydrogen-bond donors (Lipinski definition) is 2. The second-order valence-electron chi connectivity index (χ2n) is 5.53. The largest absolute Gasteiger partial charge is 0.511 e.